The second kappa shape index (κ2) is 7.64. The number of carbonyl (C=O) groups excluding carboxylic acids is 1. The van der Waals surface area contributed by atoms with E-state index >= 15 is 0 Å². The Kier molecular flexibility index (Phi) is 4.89. The van der Waals surface area contributed by atoms with Crippen LogP contribution in [0.1, 0.15) is 24.6 Å². The lowest BCUT2D eigenvalue weighted by Gasteiger charge is -2.38. The Morgan fingerprint density at radius 3 is 2.89 bits per heavy atom. The number of piperidine rings is 1. The maximum atomic E-state index is 12.4. The Labute approximate surface area is 162 Å². The first kappa shape index (κ1) is 17.9. The van der Waals surface area contributed by atoms with Crippen LogP contribution in [0.15, 0.2) is 37.1 Å². The summed E-state index contributed by atoms with van der Waals surface area (Å²) in [5.74, 6) is 0.390. The van der Waals surface area contributed by atoms with Crippen molar-refractivity contribution >= 4 is 22.6 Å². The van der Waals surface area contributed by atoms with Crippen molar-refractivity contribution in [2.24, 2.45) is 5.92 Å². The quantitative estimate of drug-likeness (QED) is 0.719. The summed E-state index contributed by atoms with van der Waals surface area (Å²) in [6.45, 7) is 3.73. The Balaban J connectivity index is 1.55. The molecule has 142 valence electrons. The molecule has 0 spiro atoms. The van der Waals surface area contributed by atoms with Crippen LogP contribution in [0.25, 0.3) is 11.0 Å². The van der Waals surface area contributed by atoms with E-state index in [0.29, 0.717) is 23.5 Å². The third-order valence-electron chi connectivity index (χ3n) is 5.00. The van der Waals surface area contributed by atoms with Crippen LogP contribution >= 0.6 is 0 Å². The number of nitriles is 1. The van der Waals surface area contributed by atoms with Gasteiger partial charge in [-0.1, -0.05) is 6.92 Å². The van der Waals surface area contributed by atoms with Crippen LogP contribution in [-0.2, 0) is 11.2 Å². The molecular formula is C20H21N7O. The summed E-state index contributed by atoms with van der Waals surface area (Å²) in [7, 11) is 0. The minimum Gasteiger partial charge on any atom is -0.367 e. The summed E-state index contributed by atoms with van der Waals surface area (Å²) >= 11 is 0. The number of benzene rings is 1. The molecule has 3 aromatic rings. The first-order valence-electron chi connectivity index (χ1n) is 9.29. The van der Waals surface area contributed by atoms with Gasteiger partial charge in [-0.25, -0.2) is 4.98 Å². The van der Waals surface area contributed by atoms with E-state index in [1.165, 1.54) is 0 Å². The molecule has 4 rings (SSSR count). The summed E-state index contributed by atoms with van der Waals surface area (Å²) in [4.78, 5) is 30.3. The van der Waals surface area contributed by atoms with Gasteiger partial charge in [-0.2, -0.15) is 5.26 Å². The van der Waals surface area contributed by atoms with Crippen LogP contribution in [0.4, 0.5) is 5.69 Å². The fourth-order valence-corrected chi connectivity index (χ4v) is 3.87. The van der Waals surface area contributed by atoms with E-state index in [9.17, 15) is 10.1 Å². The maximum absolute atomic E-state index is 12.4. The van der Waals surface area contributed by atoms with E-state index in [1.807, 2.05) is 6.07 Å². The number of fused-ring (bicyclic) bond motifs is 1. The van der Waals surface area contributed by atoms with E-state index in [2.05, 4.69) is 43.1 Å². The highest BCUT2D eigenvalue weighted by atomic mass is 16.1. The molecule has 1 aliphatic rings. The highest BCUT2D eigenvalue weighted by Crippen LogP contribution is 2.30. The van der Waals surface area contributed by atoms with Gasteiger partial charge in [0.25, 0.3) is 0 Å². The minimum absolute atomic E-state index is 0.0206. The lowest BCUT2D eigenvalue weighted by atomic mass is 9.95. The predicted molar refractivity (Wildman–Crippen MR) is 104 cm³/mol. The maximum Gasteiger partial charge on any atom is 0.226 e. The van der Waals surface area contributed by atoms with Crippen LogP contribution in [0.2, 0.25) is 0 Å². The largest absolute Gasteiger partial charge is 0.367 e. The first-order valence-corrected chi connectivity index (χ1v) is 9.29. The van der Waals surface area contributed by atoms with Gasteiger partial charge in [-0.3, -0.25) is 14.8 Å². The monoisotopic (exact) mass is 375 g/mol. The highest BCUT2D eigenvalue weighted by molar-refractivity contribution is 5.92. The molecule has 1 saturated heterocycles. The fraction of sp³-hybridized carbons (Fsp3) is 0.350. The Morgan fingerprint density at radius 1 is 1.32 bits per heavy atom. The van der Waals surface area contributed by atoms with Crippen LogP contribution in [0, 0.1) is 17.2 Å². The number of H-pyrrole nitrogens is 1. The van der Waals surface area contributed by atoms with Gasteiger partial charge < -0.3 is 15.2 Å². The summed E-state index contributed by atoms with van der Waals surface area (Å²) < 4.78 is 0. The zero-order valence-corrected chi connectivity index (χ0v) is 15.6. The molecule has 1 aromatic carbocycles. The van der Waals surface area contributed by atoms with Crippen LogP contribution in [0.3, 0.4) is 0 Å². The van der Waals surface area contributed by atoms with Gasteiger partial charge in [-0.05, 0) is 24.5 Å². The van der Waals surface area contributed by atoms with Crippen molar-refractivity contribution in [1.82, 2.24) is 25.3 Å². The van der Waals surface area contributed by atoms with E-state index in [0.717, 1.165) is 29.9 Å². The molecule has 0 radical (unpaired) electrons. The lowest BCUT2D eigenvalue weighted by molar-refractivity contribution is -0.121. The van der Waals surface area contributed by atoms with E-state index in [1.54, 1.807) is 31.0 Å². The van der Waals surface area contributed by atoms with Crippen molar-refractivity contribution in [2.75, 3.05) is 18.0 Å². The molecule has 28 heavy (non-hydrogen) atoms. The van der Waals surface area contributed by atoms with Gasteiger partial charge in [-0.15, -0.1) is 0 Å². The van der Waals surface area contributed by atoms with Gasteiger partial charge in [0.15, 0.2) is 0 Å². The molecule has 8 nitrogen and oxygen atoms in total. The van der Waals surface area contributed by atoms with Crippen LogP contribution in [0.5, 0.6) is 0 Å². The molecule has 0 unspecified atom stereocenters. The number of nitrogens with zero attached hydrogens (tertiary/aromatic N) is 5. The molecule has 2 aromatic heterocycles. The molecule has 8 heteroatoms. The zero-order chi connectivity index (χ0) is 19.5. The molecule has 2 N–H and O–H groups in total. The summed E-state index contributed by atoms with van der Waals surface area (Å²) in [6, 6.07) is 5.94. The Morgan fingerprint density at radius 2 is 2.14 bits per heavy atom. The summed E-state index contributed by atoms with van der Waals surface area (Å²) in [5.41, 5.74) is 3.59. The zero-order valence-electron chi connectivity index (χ0n) is 15.6. The second-order valence-corrected chi connectivity index (χ2v) is 7.26. The molecule has 1 fully saturated rings. The minimum atomic E-state index is -0.0206. The van der Waals surface area contributed by atoms with Crippen molar-refractivity contribution in [2.45, 2.75) is 25.8 Å². The molecule has 1 aliphatic heterocycles. The first-order chi connectivity index (χ1) is 13.6. The lowest BCUT2D eigenvalue weighted by Crippen LogP contribution is -2.50. The number of imidazole rings is 1. The number of carbonyl (C=O) groups is 1. The molecule has 0 aliphatic carbocycles. The number of aromatic nitrogens is 4. The van der Waals surface area contributed by atoms with Gasteiger partial charge in [0, 0.05) is 43.4 Å². The topological polar surface area (TPSA) is 111 Å². The van der Waals surface area contributed by atoms with Crippen molar-refractivity contribution < 1.29 is 4.79 Å². The average molecular weight is 375 g/mol. The van der Waals surface area contributed by atoms with Gasteiger partial charge in [0.05, 0.1) is 24.0 Å². The molecule has 1 amide bonds. The van der Waals surface area contributed by atoms with Gasteiger partial charge in [0.1, 0.15) is 17.1 Å². The summed E-state index contributed by atoms with van der Waals surface area (Å²) in [6.07, 6.45) is 7.69. The molecule has 0 saturated carbocycles. The summed E-state index contributed by atoms with van der Waals surface area (Å²) in [5, 5.41) is 12.5. The number of anilines is 1. The van der Waals surface area contributed by atoms with Gasteiger partial charge >= 0.3 is 0 Å². The number of hydrogen-bond acceptors (Lipinski definition) is 6. The standard InChI is InChI=1S/C20H21N7O/c1-13-6-16(26-18(28)7-15-9-22-12-25-15)11-27(10-13)17-3-2-14(8-21)19-20(17)24-5-4-23-19/h2-5,9,12-13,16H,6-7,10-11H2,1H3,(H,22,25)(H,26,28)/t13-,16+/m0/s1. The number of nitrogens with one attached hydrogen (secondary N) is 2. The smallest absolute Gasteiger partial charge is 0.226 e. The third-order valence-corrected chi connectivity index (χ3v) is 5.00. The van der Waals surface area contributed by atoms with E-state index < -0.39 is 0 Å². The van der Waals surface area contributed by atoms with Crippen LogP contribution in [-0.4, -0.2) is 45.0 Å². The van der Waals surface area contributed by atoms with E-state index in [4.69, 9.17) is 0 Å². The molecule has 3 heterocycles. The van der Waals surface area contributed by atoms with Crippen molar-refractivity contribution in [3.05, 3.63) is 48.3 Å². The number of hydrogen-bond donors (Lipinski definition) is 2. The second-order valence-electron chi connectivity index (χ2n) is 7.26. The predicted octanol–water partition coefficient (Wildman–Crippen LogP) is 1.80. The van der Waals surface area contributed by atoms with Crippen molar-refractivity contribution in [1.29, 1.82) is 5.26 Å². The highest BCUT2D eigenvalue weighted by Gasteiger charge is 2.27. The van der Waals surface area contributed by atoms with Crippen LogP contribution < -0.4 is 10.2 Å². The van der Waals surface area contributed by atoms with Crippen molar-refractivity contribution in [3.8, 4) is 6.07 Å². The third kappa shape index (κ3) is 3.64. The molecule has 2 atom stereocenters. The Bertz CT molecular complexity index is 1020. The molecular weight excluding hydrogens is 354 g/mol. The SMILES string of the molecule is C[C@H]1C[C@@H](NC(=O)Cc2cnc[nH]2)CN(c2ccc(C#N)c3nccnc23)C1. The normalized spacial score (nSPS) is 19.4. The average Bonchev–Trinajstić information content (AvgIpc) is 3.19. The number of amides is 1. The number of aromatic amines is 1. The molecule has 0 bridgehead atoms. The van der Waals surface area contributed by atoms with Crippen molar-refractivity contribution in [3.63, 3.8) is 0 Å². The number of rotatable bonds is 4. The van der Waals surface area contributed by atoms with Gasteiger partial charge in [0.2, 0.25) is 5.91 Å². The Hall–Kier alpha value is -3.47. The van der Waals surface area contributed by atoms with E-state index in [-0.39, 0.29) is 18.4 Å². The fourth-order valence-electron chi connectivity index (χ4n) is 3.87.